The van der Waals surface area contributed by atoms with E-state index in [-0.39, 0.29) is 22.9 Å². The van der Waals surface area contributed by atoms with Crippen LogP contribution in [0.3, 0.4) is 0 Å². The molecule has 154 valence electrons. The number of oxime groups is 1. The van der Waals surface area contributed by atoms with E-state index < -0.39 is 5.60 Å². The maximum atomic E-state index is 9.68. The maximum absolute atomic E-state index is 9.68. The number of ether oxygens (including phenoxy) is 3. The highest BCUT2D eigenvalue weighted by Gasteiger charge is 2.79. The minimum absolute atomic E-state index is 0.0310. The Kier molecular flexibility index (Phi) is 3.28. The topological polar surface area (TPSA) is 63.5 Å². The van der Waals surface area contributed by atoms with Gasteiger partial charge in [-0.1, -0.05) is 23.4 Å². The molecule has 2 spiro atoms. The van der Waals surface area contributed by atoms with Crippen molar-refractivity contribution in [2.45, 2.75) is 49.3 Å². The fourth-order valence-electron chi connectivity index (χ4n) is 7.75. The second-order valence-electron chi connectivity index (χ2n) is 9.48. The number of nitrogens with zero attached hydrogens (tertiary/aromatic N) is 2. The van der Waals surface area contributed by atoms with Crippen molar-refractivity contribution < 1.29 is 19.4 Å². The molecular weight excluding hydrogens is 368 g/mol. The lowest BCUT2D eigenvalue weighted by molar-refractivity contribution is -0.201. The SMILES string of the molecule is COc1ccc2c3c1OC1C4(OC)C=CC5(CC4C(C)=NO)C(C2)N(C)CCC315. The van der Waals surface area contributed by atoms with Gasteiger partial charge in [-0.3, -0.25) is 0 Å². The molecule has 1 saturated carbocycles. The van der Waals surface area contributed by atoms with E-state index in [1.807, 2.05) is 13.0 Å². The molecule has 2 aliphatic heterocycles. The number of piperidine rings is 1. The van der Waals surface area contributed by atoms with Gasteiger partial charge in [-0.05, 0) is 51.4 Å². The first-order valence-electron chi connectivity index (χ1n) is 10.5. The second kappa shape index (κ2) is 5.35. The molecule has 4 aliphatic carbocycles. The highest BCUT2D eigenvalue weighted by molar-refractivity contribution is 5.87. The summed E-state index contributed by atoms with van der Waals surface area (Å²) in [5.74, 6) is 1.66. The van der Waals surface area contributed by atoms with Crippen LogP contribution in [0.1, 0.15) is 30.9 Å². The summed E-state index contributed by atoms with van der Waals surface area (Å²) in [5, 5.41) is 13.3. The monoisotopic (exact) mass is 396 g/mol. The molecule has 6 aliphatic rings. The molecule has 0 radical (unpaired) electrons. The summed E-state index contributed by atoms with van der Waals surface area (Å²) in [6.07, 6.45) is 7.39. The predicted molar refractivity (Wildman–Crippen MR) is 108 cm³/mol. The summed E-state index contributed by atoms with van der Waals surface area (Å²) in [6, 6.07) is 4.66. The molecule has 4 bridgehead atoms. The van der Waals surface area contributed by atoms with Gasteiger partial charge >= 0.3 is 0 Å². The highest BCUT2D eigenvalue weighted by atomic mass is 16.6. The Bertz CT molecular complexity index is 974. The van der Waals surface area contributed by atoms with E-state index in [1.54, 1.807) is 14.2 Å². The van der Waals surface area contributed by atoms with Gasteiger partial charge in [0.1, 0.15) is 11.7 Å². The largest absolute Gasteiger partial charge is 0.493 e. The van der Waals surface area contributed by atoms with Crippen LogP contribution in [0.4, 0.5) is 0 Å². The van der Waals surface area contributed by atoms with Crippen LogP contribution in [-0.4, -0.2) is 61.4 Å². The zero-order valence-corrected chi connectivity index (χ0v) is 17.4. The lowest BCUT2D eigenvalue weighted by Crippen LogP contribution is -2.79. The van der Waals surface area contributed by atoms with E-state index in [9.17, 15) is 5.21 Å². The fraction of sp³-hybridized carbons (Fsp3) is 0.609. The van der Waals surface area contributed by atoms with Crippen molar-refractivity contribution in [3.05, 3.63) is 35.4 Å². The Balaban J connectivity index is 1.70. The number of likely N-dealkylation sites (tertiary alicyclic amines) is 1. The van der Waals surface area contributed by atoms with Crippen LogP contribution in [-0.2, 0) is 16.6 Å². The minimum Gasteiger partial charge on any atom is -0.493 e. The highest BCUT2D eigenvalue weighted by Crippen LogP contribution is 2.74. The molecule has 1 saturated heterocycles. The minimum atomic E-state index is -0.656. The molecule has 1 N–H and O–H groups in total. The molecule has 29 heavy (non-hydrogen) atoms. The first-order chi connectivity index (χ1) is 14.0. The van der Waals surface area contributed by atoms with Crippen molar-refractivity contribution in [3.8, 4) is 11.5 Å². The third-order valence-corrected chi connectivity index (χ3v) is 8.94. The van der Waals surface area contributed by atoms with Gasteiger partial charge in [0, 0.05) is 30.0 Å². The number of hydrogen-bond acceptors (Lipinski definition) is 6. The van der Waals surface area contributed by atoms with Gasteiger partial charge in [-0.2, -0.15) is 0 Å². The average molecular weight is 396 g/mol. The Morgan fingerprint density at radius 1 is 1.31 bits per heavy atom. The summed E-state index contributed by atoms with van der Waals surface area (Å²) >= 11 is 0. The summed E-state index contributed by atoms with van der Waals surface area (Å²) in [4.78, 5) is 2.52. The first kappa shape index (κ1) is 17.8. The number of fused-ring (bicyclic) bond motifs is 1. The van der Waals surface area contributed by atoms with E-state index in [1.165, 1.54) is 11.1 Å². The Hall–Kier alpha value is -2.05. The van der Waals surface area contributed by atoms with Crippen molar-refractivity contribution in [2.24, 2.45) is 16.5 Å². The Morgan fingerprint density at radius 3 is 2.86 bits per heavy atom. The molecule has 7 rings (SSSR count). The predicted octanol–water partition coefficient (Wildman–Crippen LogP) is 2.77. The van der Waals surface area contributed by atoms with Crippen molar-refractivity contribution in [3.63, 3.8) is 0 Å². The van der Waals surface area contributed by atoms with Crippen LogP contribution in [0.2, 0.25) is 0 Å². The van der Waals surface area contributed by atoms with Crippen LogP contribution < -0.4 is 9.47 Å². The lowest BCUT2D eigenvalue weighted by Gasteiger charge is -2.71. The van der Waals surface area contributed by atoms with Gasteiger partial charge in [-0.25, -0.2) is 0 Å². The van der Waals surface area contributed by atoms with Gasteiger partial charge in [0.25, 0.3) is 0 Å². The third-order valence-electron chi connectivity index (χ3n) is 8.94. The molecule has 0 amide bonds. The van der Waals surface area contributed by atoms with Gasteiger partial charge in [0.05, 0.1) is 18.2 Å². The molecule has 2 heterocycles. The van der Waals surface area contributed by atoms with Crippen LogP contribution in [0.5, 0.6) is 11.5 Å². The van der Waals surface area contributed by atoms with E-state index in [0.717, 1.165) is 37.3 Å². The zero-order valence-electron chi connectivity index (χ0n) is 17.4. The molecule has 1 aromatic carbocycles. The lowest BCUT2D eigenvalue weighted by atomic mass is 9.37. The number of hydrogen-bond donors (Lipinski definition) is 1. The van der Waals surface area contributed by atoms with Crippen LogP contribution in [0.15, 0.2) is 29.4 Å². The normalized spacial score (nSPS) is 43.9. The fourth-order valence-corrected chi connectivity index (χ4v) is 7.75. The summed E-state index contributed by atoms with van der Waals surface area (Å²) in [7, 11) is 5.72. The molecule has 6 nitrogen and oxygen atoms in total. The summed E-state index contributed by atoms with van der Waals surface area (Å²) in [6.45, 7) is 2.94. The zero-order chi connectivity index (χ0) is 20.2. The third kappa shape index (κ3) is 1.65. The van der Waals surface area contributed by atoms with E-state index >= 15 is 0 Å². The Labute approximate surface area is 171 Å². The summed E-state index contributed by atoms with van der Waals surface area (Å²) < 4.78 is 18.8. The number of benzene rings is 1. The van der Waals surface area contributed by atoms with Gasteiger partial charge in [-0.15, -0.1) is 0 Å². The van der Waals surface area contributed by atoms with Crippen molar-refractivity contribution in [1.82, 2.24) is 4.90 Å². The Morgan fingerprint density at radius 2 is 2.14 bits per heavy atom. The molecule has 0 aromatic heterocycles. The quantitative estimate of drug-likeness (QED) is 0.368. The van der Waals surface area contributed by atoms with Crippen LogP contribution >= 0.6 is 0 Å². The van der Waals surface area contributed by atoms with Crippen molar-refractivity contribution in [2.75, 3.05) is 27.8 Å². The van der Waals surface area contributed by atoms with Gasteiger partial charge in [0.2, 0.25) is 0 Å². The van der Waals surface area contributed by atoms with Crippen LogP contribution in [0, 0.1) is 11.3 Å². The van der Waals surface area contributed by atoms with E-state index in [4.69, 9.17) is 14.2 Å². The molecule has 6 unspecified atom stereocenters. The molecule has 2 fully saturated rings. The molecule has 6 atom stereocenters. The van der Waals surface area contributed by atoms with Gasteiger partial charge < -0.3 is 24.3 Å². The molecule has 1 aromatic rings. The average Bonchev–Trinajstić information content (AvgIpc) is 3.12. The molecule has 6 heteroatoms. The summed E-state index contributed by atoms with van der Waals surface area (Å²) in [5.41, 5.74) is 2.56. The first-order valence-corrected chi connectivity index (χ1v) is 10.5. The second-order valence-corrected chi connectivity index (χ2v) is 9.48. The maximum Gasteiger partial charge on any atom is 0.166 e. The number of likely N-dealkylation sites (N-methyl/N-ethyl adjacent to an activating group) is 1. The van der Waals surface area contributed by atoms with Crippen molar-refractivity contribution >= 4 is 5.71 Å². The number of rotatable bonds is 3. The van der Waals surface area contributed by atoms with Crippen LogP contribution in [0.25, 0.3) is 0 Å². The molecular formula is C23H28N2O4. The standard InChI is InChI=1S/C23H28N2O4/c1-13(24-26)15-12-21-7-8-23(15,28-4)20-22(21)9-10-25(2)17(21)11-14-5-6-16(27-3)19(29-20)18(14)22/h5-8,15,17,20,26H,9-12H2,1-4H3. The van der Waals surface area contributed by atoms with Crippen molar-refractivity contribution in [1.29, 1.82) is 0 Å². The van der Waals surface area contributed by atoms with Gasteiger partial charge in [0.15, 0.2) is 11.5 Å². The van der Waals surface area contributed by atoms with E-state index in [2.05, 4.69) is 35.3 Å². The number of methoxy groups -OCH3 is 2. The smallest absolute Gasteiger partial charge is 0.166 e. The van der Waals surface area contributed by atoms with E-state index in [0.29, 0.717) is 11.8 Å².